The molecule has 0 N–H and O–H groups in total. The summed E-state index contributed by atoms with van der Waals surface area (Å²) in [6.07, 6.45) is 9.12. The Labute approximate surface area is 164 Å². The number of amides is 1. The van der Waals surface area contributed by atoms with Gasteiger partial charge < -0.3 is 9.30 Å². The first kappa shape index (κ1) is 18.4. The van der Waals surface area contributed by atoms with E-state index in [0.717, 1.165) is 29.7 Å². The molecule has 4 rings (SSSR count). The van der Waals surface area contributed by atoms with Gasteiger partial charge in [-0.3, -0.25) is 9.69 Å². The minimum atomic E-state index is -0.0784. The van der Waals surface area contributed by atoms with E-state index in [1.165, 1.54) is 24.2 Å². The van der Waals surface area contributed by atoms with Crippen LogP contribution in [0.4, 0.5) is 5.95 Å². The Morgan fingerprint density at radius 3 is 2.61 bits per heavy atom. The van der Waals surface area contributed by atoms with E-state index in [2.05, 4.69) is 14.5 Å². The number of benzene rings is 1. The van der Waals surface area contributed by atoms with Crippen molar-refractivity contribution in [3.05, 3.63) is 42.5 Å². The highest BCUT2D eigenvalue weighted by atomic mass is 16.5. The van der Waals surface area contributed by atoms with E-state index in [-0.39, 0.29) is 12.5 Å². The highest BCUT2D eigenvalue weighted by Crippen LogP contribution is 2.34. The van der Waals surface area contributed by atoms with Gasteiger partial charge in [-0.25, -0.2) is 15.0 Å². The molecular weight excluding hydrogens is 354 g/mol. The molecule has 2 heterocycles. The van der Waals surface area contributed by atoms with Crippen LogP contribution in [0.2, 0.25) is 0 Å². The SMILES string of the molecule is COc1cnc(N(C)C(=O)Cn2c(C3CCCCC3)nc3ccccc32)nc1. The van der Waals surface area contributed by atoms with Gasteiger partial charge in [0.2, 0.25) is 11.9 Å². The summed E-state index contributed by atoms with van der Waals surface area (Å²) < 4.78 is 7.16. The lowest BCUT2D eigenvalue weighted by Gasteiger charge is -2.23. The summed E-state index contributed by atoms with van der Waals surface area (Å²) in [6.45, 7) is 0.220. The van der Waals surface area contributed by atoms with E-state index in [4.69, 9.17) is 9.72 Å². The van der Waals surface area contributed by atoms with Crippen LogP contribution in [0.3, 0.4) is 0 Å². The molecule has 28 heavy (non-hydrogen) atoms. The van der Waals surface area contributed by atoms with Crippen molar-refractivity contribution < 1.29 is 9.53 Å². The predicted molar refractivity (Wildman–Crippen MR) is 108 cm³/mol. The average Bonchev–Trinajstić information content (AvgIpc) is 3.12. The topological polar surface area (TPSA) is 73.1 Å². The average molecular weight is 379 g/mol. The summed E-state index contributed by atoms with van der Waals surface area (Å²) in [5, 5.41) is 0. The number of ether oxygens (including phenoxy) is 1. The zero-order valence-electron chi connectivity index (χ0n) is 16.3. The summed E-state index contributed by atoms with van der Waals surface area (Å²) >= 11 is 0. The molecule has 0 saturated heterocycles. The minimum absolute atomic E-state index is 0.0784. The van der Waals surface area contributed by atoms with Crippen LogP contribution in [0.25, 0.3) is 11.0 Å². The monoisotopic (exact) mass is 379 g/mol. The Bertz CT molecular complexity index is 961. The number of imidazole rings is 1. The van der Waals surface area contributed by atoms with E-state index >= 15 is 0 Å². The summed E-state index contributed by atoms with van der Waals surface area (Å²) in [4.78, 5) is 27.8. The van der Waals surface area contributed by atoms with E-state index in [1.807, 2.05) is 24.3 Å². The molecule has 1 saturated carbocycles. The first-order valence-electron chi connectivity index (χ1n) is 9.75. The lowest BCUT2D eigenvalue weighted by Crippen LogP contribution is -2.32. The second-order valence-electron chi connectivity index (χ2n) is 7.26. The van der Waals surface area contributed by atoms with Gasteiger partial charge in [0.15, 0.2) is 5.75 Å². The fraction of sp³-hybridized carbons (Fsp3) is 0.429. The molecule has 1 aliphatic rings. The number of aromatic nitrogens is 4. The highest BCUT2D eigenvalue weighted by Gasteiger charge is 2.24. The largest absolute Gasteiger partial charge is 0.494 e. The van der Waals surface area contributed by atoms with Gasteiger partial charge in [-0.05, 0) is 25.0 Å². The number of fused-ring (bicyclic) bond motifs is 1. The zero-order chi connectivity index (χ0) is 19.5. The van der Waals surface area contributed by atoms with Crippen LogP contribution in [-0.4, -0.2) is 39.6 Å². The third kappa shape index (κ3) is 3.56. The van der Waals surface area contributed by atoms with E-state index in [1.54, 1.807) is 26.6 Å². The summed E-state index contributed by atoms with van der Waals surface area (Å²) in [5.41, 5.74) is 1.94. The molecule has 1 aromatic carbocycles. The fourth-order valence-corrected chi connectivity index (χ4v) is 3.87. The van der Waals surface area contributed by atoms with Crippen LogP contribution < -0.4 is 9.64 Å². The van der Waals surface area contributed by atoms with Crippen molar-refractivity contribution >= 4 is 22.9 Å². The number of para-hydroxylation sites is 2. The van der Waals surface area contributed by atoms with Crippen molar-refractivity contribution in [3.63, 3.8) is 0 Å². The highest BCUT2D eigenvalue weighted by molar-refractivity contribution is 5.92. The van der Waals surface area contributed by atoms with Crippen LogP contribution >= 0.6 is 0 Å². The second-order valence-corrected chi connectivity index (χ2v) is 7.26. The number of likely N-dealkylation sites (N-methyl/N-ethyl adjacent to an activating group) is 1. The Hall–Kier alpha value is -2.96. The van der Waals surface area contributed by atoms with Gasteiger partial charge in [0.1, 0.15) is 12.4 Å². The number of methoxy groups -OCH3 is 1. The van der Waals surface area contributed by atoms with E-state index in [9.17, 15) is 4.79 Å². The Morgan fingerprint density at radius 2 is 1.89 bits per heavy atom. The fourth-order valence-electron chi connectivity index (χ4n) is 3.87. The first-order chi connectivity index (χ1) is 13.7. The van der Waals surface area contributed by atoms with Crippen LogP contribution in [0.1, 0.15) is 43.8 Å². The molecule has 2 aromatic heterocycles. The number of nitrogens with zero attached hydrogens (tertiary/aromatic N) is 5. The molecule has 7 nitrogen and oxygen atoms in total. The molecule has 0 atom stereocenters. The Morgan fingerprint density at radius 1 is 1.18 bits per heavy atom. The van der Waals surface area contributed by atoms with Crippen molar-refractivity contribution in [2.24, 2.45) is 0 Å². The van der Waals surface area contributed by atoms with Crippen LogP contribution in [0.5, 0.6) is 5.75 Å². The van der Waals surface area contributed by atoms with Gasteiger partial charge in [0.25, 0.3) is 0 Å². The lowest BCUT2D eigenvalue weighted by molar-refractivity contribution is -0.118. The number of hydrogen-bond acceptors (Lipinski definition) is 5. The third-order valence-electron chi connectivity index (χ3n) is 5.47. The molecule has 1 amide bonds. The lowest BCUT2D eigenvalue weighted by atomic mass is 9.88. The van der Waals surface area contributed by atoms with Gasteiger partial charge >= 0.3 is 0 Å². The molecular formula is C21H25N5O2. The van der Waals surface area contributed by atoms with E-state index < -0.39 is 0 Å². The maximum absolute atomic E-state index is 13.0. The van der Waals surface area contributed by atoms with Crippen molar-refractivity contribution in [3.8, 4) is 5.75 Å². The molecule has 7 heteroatoms. The third-order valence-corrected chi connectivity index (χ3v) is 5.47. The first-order valence-corrected chi connectivity index (χ1v) is 9.75. The number of hydrogen-bond donors (Lipinski definition) is 0. The smallest absolute Gasteiger partial charge is 0.249 e. The zero-order valence-corrected chi connectivity index (χ0v) is 16.3. The maximum Gasteiger partial charge on any atom is 0.249 e. The summed E-state index contributed by atoms with van der Waals surface area (Å²) in [7, 11) is 3.26. The molecule has 1 fully saturated rings. The van der Waals surface area contributed by atoms with Crippen molar-refractivity contribution in [2.45, 2.75) is 44.6 Å². The number of rotatable bonds is 5. The number of anilines is 1. The molecule has 0 aliphatic heterocycles. The Kier molecular flexibility index (Phi) is 5.23. The summed E-state index contributed by atoms with van der Waals surface area (Å²) in [5.74, 6) is 2.28. The molecule has 1 aliphatic carbocycles. The molecule has 3 aromatic rings. The second kappa shape index (κ2) is 7.96. The van der Waals surface area contributed by atoms with Crippen LogP contribution in [-0.2, 0) is 11.3 Å². The quantitative estimate of drug-likeness (QED) is 0.678. The van der Waals surface area contributed by atoms with Gasteiger partial charge in [-0.15, -0.1) is 0 Å². The molecule has 0 spiro atoms. The number of carbonyl (C=O) groups excluding carboxylic acids is 1. The molecule has 0 bridgehead atoms. The predicted octanol–water partition coefficient (Wildman–Crippen LogP) is 3.55. The minimum Gasteiger partial charge on any atom is -0.494 e. The van der Waals surface area contributed by atoms with Crippen molar-refractivity contribution in [2.75, 3.05) is 19.1 Å². The standard InChI is InChI=1S/C21H25N5O2/c1-25(21-22-12-16(28-2)13-23-21)19(27)14-26-18-11-7-6-10-17(18)24-20(26)15-8-4-3-5-9-15/h6-7,10-13,15H,3-5,8-9,14H2,1-2H3. The normalized spacial score (nSPS) is 14.9. The van der Waals surface area contributed by atoms with Crippen molar-refractivity contribution in [1.29, 1.82) is 0 Å². The molecule has 0 radical (unpaired) electrons. The van der Waals surface area contributed by atoms with Gasteiger partial charge in [-0.1, -0.05) is 31.4 Å². The van der Waals surface area contributed by atoms with Crippen molar-refractivity contribution in [1.82, 2.24) is 19.5 Å². The van der Waals surface area contributed by atoms with Gasteiger partial charge in [-0.2, -0.15) is 0 Å². The Balaban J connectivity index is 1.63. The molecule has 146 valence electrons. The molecule has 0 unspecified atom stereocenters. The summed E-state index contributed by atoms with van der Waals surface area (Å²) in [6, 6.07) is 8.03. The van der Waals surface area contributed by atoms with Gasteiger partial charge in [0, 0.05) is 13.0 Å². The van der Waals surface area contributed by atoms with E-state index in [0.29, 0.717) is 17.6 Å². The van der Waals surface area contributed by atoms with Crippen LogP contribution in [0, 0.1) is 0 Å². The van der Waals surface area contributed by atoms with Crippen LogP contribution in [0.15, 0.2) is 36.7 Å². The maximum atomic E-state index is 13.0. The number of carbonyl (C=O) groups is 1. The van der Waals surface area contributed by atoms with Gasteiger partial charge in [0.05, 0.1) is 30.5 Å².